The van der Waals surface area contributed by atoms with Crippen molar-refractivity contribution in [1.29, 1.82) is 0 Å². The second-order valence-corrected chi connectivity index (χ2v) is 6.94. The van der Waals surface area contributed by atoms with Crippen LogP contribution < -0.4 is 0 Å². The zero-order valence-electron chi connectivity index (χ0n) is 15.3. The van der Waals surface area contributed by atoms with E-state index in [0.29, 0.717) is 11.6 Å². The Morgan fingerprint density at radius 3 is 2.83 bits per heavy atom. The van der Waals surface area contributed by atoms with Crippen LogP contribution in [0.25, 0.3) is 23.1 Å². The number of aryl methyl sites for hydroxylation is 1. The molecular formula is C21H15ClFN3O3. The molecule has 2 aromatic carbocycles. The molecule has 0 bridgehead atoms. The fraction of sp³-hybridized carbons (Fsp3) is 0.0952. The molecule has 0 aliphatic heterocycles. The Morgan fingerprint density at radius 2 is 2.07 bits per heavy atom. The Balaban J connectivity index is 1.74. The predicted molar refractivity (Wildman–Crippen MR) is 109 cm³/mol. The molecule has 0 radical (unpaired) electrons. The fourth-order valence-electron chi connectivity index (χ4n) is 3.25. The van der Waals surface area contributed by atoms with Crippen molar-refractivity contribution in [3.8, 4) is 0 Å². The largest absolute Gasteiger partial charge is 0.349 e. The molecule has 0 saturated heterocycles. The summed E-state index contributed by atoms with van der Waals surface area (Å²) in [5, 5.41) is 16.2. The van der Waals surface area contributed by atoms with Gasteiger partial charge in [0.2, 0.25) is 5.76 Å². The highest BCUT2D eigenvalue weighted by molar-refractivity contribution is 6.31. The molecule has 0 amide bonds. The summed E-state index contributed by atoms with van der Waals surface area (Å²) in [5.74, 6) is -0.297. The van der Waals surface area contributed by atoms with Crippen molar-refractivity contribution in [1.82, 2.24) is 9.72 Å². The standard InChI is InChI=1S/C21H15ClFN3O3/c1-13-21(26(27)28)20(29-24-13)9-7-14-11-25(19-5-3-2-4-17(14)19)12-15-6-8-16(23)10-18(15)22/h2-11H,12H2,1H3/b9-7+. The van der Waals surface area contributed by atoms with Crippen LogP contribution in [0.2, 0.25) is 5.02 Å². The number of rotatable bonds is 5. The number of fused-ring (bicyclic) bond motifs is 1. The maximum Gasteiger partial charge on any atom is 0.338 e. The third-order valence-corrected chi connectivity index (χ3v) is 4.98. The summed E-state index contributed by atoms with van der Waals surface area (Å²) in [6, 6.07) is 12.1. The summed E-state index contributed by atoms with van der Waals surface area (Å²) in [6.45, 7) is 1.98. The zero-order chi connectivity index (χ0) is 20.5. The van der Waals surface area contributed by atoms with Crippen molar-refractivity contribution >= 4 is 40.3 Å². The van der Waals surface area contributed by atoms with E-state index in [4.69, 9.17) is 16.1 Å². The minimum absolute atomic E-state index is 0.0888. The number of nitrogens with zero attached hydrogens (tertiary/aromatic N) is 3. The first-order valence-electron chi connectivity index (χ1n) is 8.74. The van der Waals surface area contributed by atoms with Crippen molar-refractivity contribution in [2.45, 2.75) is 13.5 Å². The van der Waals surface area contributed by atoms with E-state index < -0.39 is 4.92 Å². The van der Waals surface area contributed by atoms with E-state index >= 15 is 0 Å². The minimum Gasteiger partial charge on any atom is -0.349 e. The molecular weight excluding hydrogens is 397 g/mol. The number of aromatic nitrogens is 2. The molecule has 0 aliphatic rings. The van der Waals surface area contributed by atoms with Gasteiger partial charge in [0, 0.05) is 34.2 Å². The van der Waals surface area contributed by atoms with E-state index in [-0.39, 0.29) is 23.0 Å². The molecule has 146 valence electrons. The van der Waals surface area contributed by atoms with Gasteiger partial charge in [-0.25, -0.2) is 4.39 Å². The first-order chi connectivity index (χ1) is 13.9. The van der Waals surface area contributed by atoms with Crippen LogP contribution in [0.15, 0.2) is 53.2 Å². The van der Waals surface area contributed by atoms with Gasteiger partial charge >= 0.3 is 5.69 Å². The Kier molecular flexibility index (Phi) is 4.90. The molecule has 4 aromatic rings. The van der Waals surface area contributed by atoms with Gasteiger partial charge < -0.3 is 9.09 Å². The number of benzene rings is 2. The normalized spacial score (nSPS) is 11.6. The topological polar surface area (TPSA) is 74.1 Å². The van der Waals surface area contributed by atoms with Gasteiger partial charge in [0.25, 0.3) is 0 Å². The van der Waals surface area contributed by atoms with Gasteiger partial charge in [0.1, 0.15) is 5.82 Å². The van der Waals surface area contributed by atoms with E-state index in [1.54, 1.807) is 12.1 Å². The monoisotopic (exact) mass is 411 g/mol. The molecule has 8 heteroatoms. The lowest BCUT2D eigenvalue weighted by molar-refractivity contribution is -0.386. The Labute approximate surface area is 170 Å². The summed E-state index contributed by atoms with van der Waals surface area (Å²) in [4.78, 5) is 10.7. The quantitative estimate of drug-likeness (QED) is 0.304. The highest BCUT2D eigenvalue weighted by Crippen LogP contribution is 2.28. The van der Waals surface area contributed by atoms with Crippen LogP contribution in [0, 0.1) is 22.9 Å². The van der Waals surface area contributed by atoms with Crippen molar-refractivity contribution in [3.63, 3.8) is 0 Å². The molecule has 2 aromatic heterocycles. The van der Waals surface area contributed by atoms with Gasteiger partial charge in [0.05, 0.1) is 4.92 Å². The predicted octanol–water partition coefficient (Wildman–Crippen LogP) is 5.86. The first kappa shape index (κ1) is 18.9. The van der Waals surface area contributed by atoms with Crippen molar-refractivity contribution in [2.24, 2.45) is 0 Å². The van der Waals surface area contributed by atoms with Crippen LogP contribution in [0.5, 0.6) is 0 Å². The molecule has 0 saturated carbocycles. The summed E-state index contributed by atoms with van der Waals surface area (Å²) in [7, 11) is 0. The highest BCUT2D eigenvalue weighted by Gasteiger charge is 2.22. The van der Waals surface area contributed by atoms with Crippen LogP contribution in [0.1, 0.15) is 22.6 Å². The number of para-hydroxylation sites is 1. The molecule has 0 unspecified atom stereocenters. The van der Waals surface area contributed by atoms with Crippen molar-refractivity contribution in [3.05, 3.63) is 92.2 Å². The lowest BCUT2D eigenvalue weighted by atomic mass is 10.1. The lowest BCUT2D eigenvalue weighted by Gasteiger charge is -2.07. The van der Waals surface area contributed by atoms with E-state index in [9.17, 15) is 14.5 Å². The molecule has 4 rings (SSSR count). The van der Waals surface area contributed by atoms with Crippen LogP contribution in [-0.2, 0) is 6.54 Å². The van der Waals surface area contributed by atoms with Crippen LogP contribution in [-0.4, -0.2) is 14.6 Å². The Morgan fingerprint density at radius 1 is 1.28 bits per heavy atom. The molecule has 0 spiro atoms. The van der Waals surface area contributed by atoms with Crippen LogP contribution in [0.4, 0.5) is 10.1 Å². The minimum atomic E-state index is -0.509. The van der Waals surface area contributed by atoms with E-state index in [2.05, 4.69) is 5.16 Å². The average molecular weight is 412 g/mol. The summed E-state index contributed by atoms with van der Waals surface area (Å²) in [5.41, 5.74) is 2.66. The van der Waals surface area contributed by atoms with Crippen LogP contribution >= 0.6 is 11.6 Å². The molecule has 0 fully saturated rings. The third kappa shape index (κ3) is 3.64. The summed E-state index contributed by atoms with van der Waals surface area (Å²) < 4.78 is 20.4. The van der Waals surface area contributed by atoms with E-state index in [1.165, 1.54) is 25.1 Å². The molecule has 0 aliphatic carbocycles. The van der Waals surface area contributed by atoms with Gasteiger partial charge in [-0.05, 0) is 42.8 Å². The zero-order valence-corrected chi connectivity index (χ0v) is 16.1. The van der Waals surface area contributed by atoms with Gasteiger partial charge in [0.15, 0.2) is 5.69 Å². The highest BCUT2D eigenvalue weighted by atomic mass is 35.5. The summed E-state index contributed by atoms with van der Waals surface area (Å²) in [6.07, 6.45) is 5.20. The van der Waals surface area contributed by atoms with Gasteiger partial charge in [-0.1, -0.05) is 41.0 Å². The average Bonchev–Trinajstić information content (AvgIpc) is 3.23. The fourth-order valence-corrected chi connectivity index (χ4v) is 3.48. The van der Waals surface area contributed by atoms with E-state index in [1.807, 2.05) is 35.0 Å². The SMILES string of the molecule is Cc1noc(/C=C/c2cn(Cc3ccc(F)cc3Cl)c3ccccc23)c1[N+](=O)[O-]. The van der Waals surface area contributed by atoms with E-state index in [0.717, 1.165) is 22.0 Å². The molecule has 0 atom stereocenters. The number of hydrogen-bond acceptors (Lipinski definition) is 4. The molecule has 2 heterocycles. The Hall–Kier alpha value is -3.45. The van der Waals surface area contributed by atoms with Gasteiger partial charge in [-0.3, -0.25) is 10.1 Å². The second-order valence-electron chi connectivity index (χ2n) is 6.54. The number of nitro groups is 1. The first-order valence-corrected chi connectivity index (χ1v) is 9.12. The van der Waals surface area contributed by atoms with Gasteiger partial charge in [-0.2, -0.15) is 0 Å². The van der Waals surface area contributed by atoms with Crippen molar-refractivity contribution in [2.75, 3.05) is 0 Å². The van der Waals surface area contributed by atoms with Crippen molar-refractivity contribution < 1.29 is 13.8 Å². The van der Waals surface area contributed by atoms with Gasteiger partial charge in [-0.15, -0.1) is 0 Å². The third-order valence-electron chi connectivity index (χ3n) is 4.63. The number of hydrogen-bond donors (Lipinski definition) is 0. The smallest absolute Gasteiger partial charge is 0.338 e. The molecule has 6 nitrogen and oxygen atoms in total. The maximum atomic E-state index is 13.3. The molecule has 29 heavy (non-hydrogen) atoms. The number of halogens is 2. The van der Waals surface area contributed by atoms with Crippen LogP contribution in [0.3, 0.4) is 0 Å². The molecule has 0 N–H and O–H groups in total. The lowest BCUT2D eigenvalue weighted by Crippen LogP contribution is -1.98. The Bertz CT molecular complexity index is 1260. The second kappa shape index (κ2) is 7.52. The summed E-state index contributed by atoms with van der Waals surface area (Å²) >= 11 is 6.18. The maximum absolute atomic E-state index is 13.3.